The standard InChI is InChI=1S/C19H16O6/c1-22-15-7-8-16-13(9-18(20)25-17(16)10-15)11-24-14-5-3-12(4-6-14)19(21)23-2/h3-10H,11H2,1-2H3. The molecule has 0 aliphatic carbocycles. The van der Waals surface area contributed by atoms with Crippen LogP contribution in [0.4, 0.5) is 0 Å². The number of rotatable bonds is 5. The molecular weight excluding hydrogens is 324 g/mol. The van der Waals surface area contributed by atoms with Gasteiger partial charge in [0, 0.05) is 23.1 Å². The highest BCUT2D eigenvalue weighted by atomic mass is 16.5. The summed E-state index contributed by atoms with van der Waals surface area (Å²) in [6.45, 7) is 0.187. The Morgan fingerprint density at radius 1 is 1.00 bits per heavy atom. The van der Waals surface area contributed by atoms with Crippen LogP contribution in [0.25, 0.3) is 11.0 Å². The summed E-state index contributed by atoms with van der Waals surface area (Å²) >= 11 is 0. The van der Waals surface area contributed by atoms with Crippen molar-refractivity contribution in [2.24, 2.45) is 0 Å². The van der Waals surface area contributed by atoms with Gasteiger partial charge in [-0.3, -0.25) is 0 Å². The van der Waals surface area contributed by atoms with Gasteiger partial charge in [-0.15, -0.1) is 0 Å². The number of methoxy groups -OCH3 is 2. The number of carbonyl (C=O) groups is 1. The highest BCUT2D eigenvalue weighted by molar-refractivity contribution is 5.89. The molecule has 0 fully saturated rings. The number of benzene rings is 2. The minimum atomic E-state index is -0.458. The van der Waals surface area contributed by atoms with E-state index in [1.807, 2.05) is 6.07 Å². The van der Waals surface area contributed by atoms with Crippen molar-refractivity contribution in [2.75, 3.05) is 14.2 Å². The first-order valence-electron chi connectivity index (χ1n) is 7.52. The van der Waals surface area contributed by atoms with E-state index in [0.717, 1.165) is 5.39 Å². The molecule has 6 heteroatoms. The fourth-order valence-electron chi connectivity index (χ4n) is 2.42. The van der Waals surface area contributed by atoms with Crippen molar-refractivity contribution in [1.29, 1.82) is 0 Å². The summed E-state index contributed by atoms with van der Waals surface area (Å²) in [5.74, 6) is 0.766. The van der Waals surface area contributed by atoms with Crippen LogP contribution < -0.4 is 15.1 Å². The number of ether oxygens (including phenoxy) is 3. The molecule has 1 aromatic heterocycles. The predicted octanol–water partition coefficient (Wildman–Crippen LogP) is 3.17. The molecule has 0 bridgehead atoms. The van der Waals surface area contributed by atoms with Gasteiger partial charge in [-0.1, -0.05) is 0 Å². The van der Waals surface area contributed by atoms with Gasteiger partial charge in [0.05, 0.1) is 19.8 Å². The van der Waals surface area contributed by atoms with Crippen molar-refractivity contribution >= 4 is 16.9 Å². The molecule has 0 spiro atoms. The zero-order valence-corrected chi connectivity index (χ0v) is 13.8. The van der Waals surface area contributed by atoms with Crippen LogP contribution in [-0.4, -0.2) is 20.2 Å². The monoisotopic (exact) mass is 340 g/mol. The van der Waals surface area contributed by atoms with Gasteiger partial charge in [0.15, 0.2) is 0 Å². The third-order valence-corrected chi connectivity index (χ3v) is 3.71. The first-order valence-corrected chi connectivity index (χ1v) is 7.52. The Labute approximate surface area is 143 Å². The Hall–Kier alpha value is -3.28. The van der Waals surface area contributed by atoms with Crippen molar-refractivity contribution in [1.82, 2.24) is 0 Å². The molecule has 3 rings (SSSR count). The van der Waals surface area contributed by atoms with E-state index in [2.05, 4.69) is 4.74 Å². The molecule has 3 aromatic rings. The third kappa shape index (κ3) is 3.63. The normalized spacial score (nSPS) is 10.5. The van der Waals surface area contributed by atoms with Crippen LogP contribution >= 0.6 is 0 Å². The van der Waals surface area contributed by atoms with Gasteiger partial charge in [0.25, 0.3) is 0 Å². The Balaban J connectivity index is 1.83. The molecule has 0 unspecified atom stereocenters. The van der Waals surface area contributed by atoms with E-state index in [1.54, 1.807) is 43.5 Å². The van der Waals surface area contributed by atoms with Crippen molar-refractivity contribution < 1.29 is 23.4 Å². The lowest BCUT2D eigenvalue weighted by Gasteiger charge is -2.09. The molecule has 0 radical (unpaired) electrons. The van der Waals surface area contributed by atoms with E-state index in [-0.39, 0.29) is 6.61 Å². The predicted molar refractivity (Wildman–Crippen MR) is 91.1 cm³/mol. The highest BCUT2D eigenvalue weighted by Crippen LogP contribution is 2.23. The molecule has 0 saturated heterocycles. The van der Waals surface area contributed by atoms with E-state index in [1.165, 1.54) is 13.2 Å². The van der Waals surface area contributed by atoms with E-state index in [9.17, 15) is 9.59 Å². The Bertz CT molecular complexity index is 956. The van der Waals surface area contributed by atoms with Crippen molar-refractivity contribution in [3.63, 3.8) is 0 Å². The van der Waals surface area contributed by atoms with Crippen LogP contribution in [0.5, 0.6) is 11.5 Å². The zero-order valence-electron chi connectivity index (χ0n) is 13.8. The summed E-state index contributed by atoms with van der Waals surface area (Å²) in [5, 5.41) is 0.770. The molecule has 25 heavy (non-hydrogen) atoms. The summed E-state index contributed by atoms with van der Waals surface area (Å²) in [7, 11) is 2.87. The third-order valence-electron chi connectivity index (χ3n) is 3.71. The van der Waals surface area contributed by atoms with Gasteiger partial charge in [0.1, 0.15) is 23.7 Å². The van der Waals surface area contributed by atoms with Gasteiger partial charge in [0.2, 0.25) is 0 Å². The van der Waals surface area contributed by atoms with Gasteiger partial charge >= 0.3 is 11.6 Å². The molecule has 0 aliphatic heterocycles. The van der Waals surface area contributed by atoms with Gasteiger partial charge in [-0.25, -0.2) is 9.59 Å². The van der Waals surface area contributed by atoms with Gasteiger partial charge in [-0.2, -0.15) is 0 Å². The number of hydrogen-bond donors (Lipinski definition) is 0. The van der Waals surface area contributed by atoms with Crippen molar-refractivity contribution in [3.8, 4) is 11.5 Å². The Kier molecular flexibility index (Phi) is 4.70. The summed E-state index contributed by atoms with van der Waals surface area (Å²) < 4.78 is 20.7. The van der Waals surface area contributed by atoms with E-state index in [4.69, 9.17) is 13.9 Å². The fourth-order valence-corrected chi connectivity index (χ4v) is 2.42. The van der Waals surface area contributed by atoms with E-state index < -0.39 is 11.6 Å². The lowest BCUT2D eigenvalue weighted by atomic mass is 10.1. The molecule has 1 heterocycles. The Morgan fingerprint density at radius 2 is 1.72 bits per heavy atom. The Morgan fingerprint density at radius 3 is 2.40 bits per heavy atom. The molecule has 128 valence electrons. The SMILES string of the molecule is COC(=O)c1ccc(OCc2cc(=O)oc3cc(OC)ccc23)cc1. The lowest BCUT2D eigenvalue weighted by Crippen LogP contribution is -2.04. The fraction of sp³-hybridized carbons (Fsp3) is 0.158. The van der Waals surface area contributed by atoms with Crippen LogP contribution in [0, 0.1) is 0 Å². The summed E-state index contributed by atoms with van der Waals surface area (Å²) in [5.41, 5.74) is 1.12. The minimum Gasteiger partial charge on any atom is -0.497 e. The average molecular weight is 340 g/mol. The van der Waals surface area contributed by atoms with Crippen molar-refractivity contribution in [3.05, 3.63) is 70.1 Å². The maximum atomic E-state index is 11.8. The topological polar surface area (TPSA) is 75.0 Å². The van der Waals surface area contributed by atoms with Crippen LogP contribution in [0.1, 0.15) is 15.9 Å². The van der Waals surface area contributed by atoms with Crippen LogP contribution in [0.2, 0.25) is 0 Å². The largest absolute Gasteiger partial charge is 0.497 e. The minimum absolute atomic E-state index is 0.187. The van der Waals surface area contributed by atoms with Crippen LogP contribution in [-0.2, 0) is 11.3 Å². The molecule has 6 nitrogen and oxygen atoms in total. The second-order valence-electron chi connectivity index (χ2n) is 5.26. The van der Waals surface area contributed by atoms with Crippen LogP contribution in [0.3, 0.4) is 0 Å². The molecule has 0 aliphatic rings. The first kappa shape index (κ1) is 16.6. The molecule has 0 amide bonds. The van der Waals surface area contributed by atoms with E-state index in [0.29, 0.717) is 28.2 Å². The maximum Gasteiger partial charge on any atom is 0.337 e. The van der Waals surface area contributed by atoms with Crippen molar-refractivity contribution in [2.45, 2.75) is 6.61 Å². The first-order chi connectivity index (χ1) is 12.1. The highest BCUT2D eigenvalue weighted by Gasteiger charge is 2.09. The molecule has 0 N–H and O–H groups in total. The second kappa shape index (κ2) is 7.09. The average Bonchev–Trinajstić information content (AvgIpc) is 2.65. The lowest BCUT2D eigenvalue weighted by molar-refractivity contribution is 0.0600. The van der Waals surface area contributed by atoms with Gasteiger partial charge in [-0.05, 0) is 36.4 Å². The molecular formula is C19H16O6. The number of esters is 1. The molecule has 0 atom stereocenters. The summed E-state index contributed by atoms with van der Waals surface area (Å²) in [6.07, 6.45) is 0. The second-order valence-corrected chi connectivity index (χ2v) is 5.26. The number of hydrogen-bond acceptors (Lipinski definition) is 6. The smallest absolute Gasteiger partial charge is 0.337 e. The molecule has 0 saturated carbocycles. The van der Waals surface area contributed by atoms with Crippen LogP contribution in [0.15, 0.2) is 57.7 Å². The number of fused-ring (bicyclic) bond motifs is 1. The van der Waals surface area contributed by atoms with Gasteiger partial charge < -0.3 is 18.6 Å². The summed E-state index contributed by atoms with van der Waals surface area (Å²) in [4.78, 5) is 23.2. The zero-order chi connectivity index (χ0) is 17.8. The summed E-state index contributed by atoms with van der Waals surface area (Å²) in [6, 6.07) is 13.2. The quantitative estimate of drug-likeness (QED) is 0.525. The number of carbonyl (C=O) groups excluding carboxylic acids is 1. The maximum absolute atomic E-state index is 11.8. The van der Waals surface area contributed by atoms with E-state index >= 15 is 0 Å². The molecule has 2 aromatic carbocycles.